The van der Waals surface area contributed by atoms with Crippen molar-refractivity contribution in [3.05, 3.63) is 29.3 Å². The molecule has 2 fully saturated rings. The Morgan fingerprint density at radius 3 is 2.86 bits per heavy atom. The second-order valence-corrected chi connectivity index (χ2v) is 8.19. The maximum absolute atomic E-state index is 10.8. The van der Waals surface area contributed by atoms with Gasteiger partial charge in [0.05, 0.1) is 6.10 Å². The molecule has 2 nitrogen and oxygen atoms in total. The molecule has 0 bridgehead atoms. The van der Waals surface area contributed by atoms with Crippen LogP contribution in [-0.4, -0.2) is 16.3 Å². The van der Waals surface area contributed by atoms with Gasteiger partial charge in [-0.15, -0.1) is 0 Å². The summed E-state index contributed by atoms with van der Waals surface area (Å²) in [5, 5.41) is 20.6. The Labute approximate surface area is 133 Å². The summed E-state index contributed by atoms with van der Waals surface area (Å²) in [6.45, 7) is 4.57. The maximum Gasteiger partial charge on any atom is 0.115 e. The number of aliphatic hydroxyl groups is 1. The Hall–Kier alpha value is -1.02. The van der Waals surface area contributed by atoms with E-state index >= 15 is 0 Å². The van der Waals surface area contributed by atoms with E-state index in [1.54, 1.807) is 0 Å². The standard InChI is InChI=1S/C20H28O2/c1-3-12-11-18-17-6-4-13-10-14(21)5-7-15(13)16(17)8-9-20(18,2)19(12)22/h5,7,10,12,16-19,21-22H,3-4,6,8-9,11H2,1-2H3. The average Bonchev–Trinajstić information content (AvgIpc) is 2.78. The van der Waals surface area contributed by atoms with Gasteiger partial charge in [-0.25, -0.2) is 0 Å². The predicted octanol–water partition coefficient (Wildman–Crippen LogP) is 4.25. The molecule has 0 heterocycles. The molecule has 0 spiro atoms. The molecular weight excluding hydrogens is 272 g/mol. The SMILES string of the molecule is CCC1CC2C3CCc4cc(O)ccc4C3CCC2(C)C1O. The topological polar surface area (TPSA) is 40.5 Å². The van der Waals surface area contributed by atoms with Crippen molar-refractivity contribution in [1.29, 1.82) is 0 Å². The van der Waals surface area contributed by atoms with Crippen LogP contribution in [0, 0.1) is 23.2 Å². The number of aliphatic hydroxyl groups excluding tert-OH is 1. The highest BCUT2D eigenvalue weighted by atomic mass is 16.3. The molecule has 0 aliphatic heterocycles. The van der Waals surface area contributed by atoms with E-state index in [-0.39, 0.29) is 11.5 Å². The minimum Gasteiger partial charge on any atom is -0.508 e. The molecule has 2 N–H and O–H groups in total. The first-order valence-corrected chi connectivity index (χ1v) is 9.04. The summed E-state index contributed by atoms with van der Waals surface area (Å²) in [5.41, 5.74) is 2.97. The van der Waals surface area contributed by atoms with Crippen LogP contribution in [0.25, 0.3) is 0 Å². The summed E-state index contributed by atoms with van der Waals surface area (Å²) in [6.07, 6.45) is 6.87. The average molecular weight is 300 g/mol. The van der Waals surface area contributed by atoms with E-state index < -0.39 is 0 Å². The Bertz CT molecular complexity index is 581. The number of fused-ring (bicyclic) bond motifs is 5. The number of phenols is 1. The van der Waals surface area contributed by atoms with Crippen molar-refractivity contribution in [1.82, 2.24) is 0 Å². The molecule has 1 aromatic carbocycles. The minimum absolute atomic E-state index is 0.107. The summed E-state index contributed by atoms with van der Waals surface area (Å²) in [4.78, 5) is 0. The lowest BCUT2D eigenvalue weighted by atomic mass is 9.55. The Balaban J connectivity index is 1.69. The van der Waals surface area contributed by atoms with E-state index in [0.29, 0.717) is 23.5 Å². The van der Waals surface area contributed by atoms with Crippen LogP contribution in [-0.2, 0) is 6.42 Å². The first kappa shape index (κ1) is 14.6. The van der Waals surface area contributed by atoms with Gasteiger partial charge in [0.2, 0.25) is 0 Å². The van der Waals surface area contributed by atoms with Gasteiger partial charge in [0.15, 0.2) is 0 Å². The summed E-state index contributed by atoms with van der Waals surface area (Å²) in [6, 6.07) is 5.98. The fourth-order valence-electron chi connectivity index (χ4n) is 6.11. The number of aryl methyl sites for hydroxylation is 1. The number of rotatable bonds is 1. The zero-order valence-corrected chi connectivity index (χ0v) is 13.8. The molecule has 0 aromatic heterocycles. The van der Waals surface area contributed by atoms with Crippen molar-refractivity contribution >= 4 is 0 Å². The number of hydrogen-bond acceptors (Lipinski definition) is 2. The Morgan fingerprint density at radius 1 is 1.27 bits per heavy atom. The summed E-state index contributed by atoms with van der Waals surface area (Å²) < 4.78 is 0. The molecule has 1 aromatic rings. The van der Waals surface area contributed by atoms with Gasteiger partial charge in [-0.2, -0.15) is 0 Å². The largest absolute Gasteiger partial charge is 0.508 e. The van der Waals surface area contributed by atoms with Crippen molar-refractivity contribution in [2.24, 2.45) is 23.2 Å². The van der Waals surface area contributed by atoms with Gasteiger partial charge >= 0.3 is 0 Å². The van der Waals surface area contributed by atoms with Gasteiger partial charge in [-0.1, -0.05) is 26.3 Å². The van der Waals surface area contributed by atoms with E-state index in [1.165, 1.54) is 30.4 Å². The molecule has 0 saturated heterocycles. The monoisotopic (exact) mass is 300 g/mol. The molecule has 3 aliphatic rings. The fraction of sp³-hybridized carbons (Fsp3) is 0.700. The van der Waals surface area contributed by atoms with E-state index in [4.69, 9.17) is 0 Å². The first-order valence-electron chi connectivity index (χ1n) is 9.04. The molecule has 2 heteroatoms. The van der Waals surface area contributed by atoms with Crippen molar-refractivity contribution in [3.8, 4) is 5.75 Å². The molecule has 0 amide bonds. The number of aromatic hydroxyl groups is 1. The molecule has 2 saturated carbocycles. The molecule has 0 radical (unpaired) electrons. The number of phenolic OH excluding ortho intramolecular Hbond substituents is 1. The van der Waals surface area contributed by atoms with Crippen molar-refractivity contribution in [2.75, 3.05) is 0 Å². The van der Waals surface area contributed by atoms with Crippen LogP contribution in [0.5, 0.6) is 5.75 Å². The molecule has 6 unspecified atom stereocenters. The Kier molecular flexibility index (Phi) is 3.30. The zero-order valence-electron chi connectivity index (χ0n) is 13.8. The van der Waals surface area contributed by atoms with Gasteiger partial charge in [0, 0.05) is 0 Å². The van der Waals surface area contributed by atoms with Crippen molar-refractivity contribution in [3.63, 3.8) is 0 Å². The van der Waals surface area contributed by atoms with E-state index in [0.717, 1.165) is 25.2 Å². The molecule has 120 valence electrons. The molecule has 4 rings (SSSR count). The molecule has 22 heavy (non-hydrogen) atoms. The predicted molar refractivity (Wildman–Crippen MR) is 87.9 cm³/mol. The van der Waals surface area contributed by atoms with Crippen LogP contribution in [0.4, 0.5) is 0 Å². The van der Waals surface area contributed by atoms with Gasteiger partial charge in [0.1, 0.15) is 5.75 Å². The van der Waals surface area contributed by atoms with Crippen LogP contribution in [0.3, 0.4) is 0 Å². The van der Waals surface area contributed by atoms with E-state index in [9.17, 15) is 10.2 Å². The third kappa shape index (κ3) is 1.89. The number of benzene rings is 1. The Morgan fingerprint density at radius 2 is 2.09 bits per heavy atom. The van der Waals surface area contributed by atoms with Crippen molar-refractivity contribution in [2.45, 2.75) is 64.4 Å². The first-order chi connectivity index (χ1) is 10.5. The van der Waals surface area contributed by atoms with E-state index in [2.05, 4.69) is 19.9 Å². The quantitative estimate of drug-likeness (QED) is 0.814. The second kappa shape index (κ2) is 4.99. The summed E-state index contributed by atoms with van der Waals surface area (Å²) >= 11 is 0. The normalized spacial score (nSPS) is 43.3. The minimum atomic E-state index is -0.107. The maximum atomic E-state index is 10.8. The highest BCUT2D eigenvalue weighted by Gasteiger charge is 2.57. The van der Waals surface area contributed by atoms with Gasteiger partial charge in [-0.05, 0) is 84.5 Å². The van der Waals surface area contributed by atoms with Crippen molar-refractivity contribution < 1.29 is 10.2 Å². The second-order valence-electron chi connectivity index (χ2n) is 8.19. The molecule has 6 atom stereocenters. The highest BCUT2D eigenvalue weighted by molar-refractivity contribution is 5.40. The summed E-state index contributed by atoms with van der Waals surface area (Å²) in [5.74, 6) is 2.94. The highest BCUT2D eigenvalue weighted by Crippen LogP contribution is 2.62. The molecular formula is C20H28O2. The third-order valence-electron chi connectivity index (χ3n) is 7.35. The van der Waals surface area contributed by atoms with Gasteiger partial charge < -0.3 is 10.2 Å². The van der Waals surface area contributed by atoms with Crippen LogP contribution < -0.4 is 0 Å². The van der Waals surface area contributed by atoms with Crippen LogP contribution >= 0.6 is 0 Å². The van der Waals surface area contributed by atoms with E-state index in [1.807, 2.05) is 12.1 Å². The summed E-state index contributed by atoms with van der Waals surface area (Å²) in [7, 11) is 0. The number of hydrogen-bond donors (Lipinski definition) is 2. The van der Waals surface area contributed by atoms with Crippen LogP contribution in [0.15, 0.2) is 18.2 Å². The third-order valence-corrected chi connectivity index (χ3v) is 7.35. The smallest absolute Gasteiger partial charge is 0.115 e. The van der Waals surface area contributed by atoms with Gasteiger partial charge in [0.25, 0.3) is 0 Å². The zero-order chi connectivity index (χ0) is 15.5. The fourth-order valence-corrected chi connectivity index (χ4v) is 6.11. The lowest BCUT2D eigenvalue weighted by Crippen LogP contribution is -2.44. The lowest BCUT2D eigenvalue weighted by molar-refractivity contribution is -0.0329. The molecule has 3 aliphatic carbocycles. The van der Waals surface area contributed by atoms with Crippen LogP contribution in [0.2, 0.25) is 0 Å². The van der Waals surface area contributed by atoms with Crippen LogP contribution in [0.1, 0.15) is 63.0 Å². The lowest BCUT2D eigenvalue weighted by Gasteiger charge is -2.50. The van der Waals surface area contributed by atoms with Gasteiger partial charge in [-0.3, -0.25) is 0 Å².